The maximum atomic E-state index is 6.21. The van der Waals surface area contributed by atoms with E-state index >= 15 is 0 Å². The van der Waals surface area contributed by atoms with Crippen molar-refractivity contribution in [2.75, 3.05) is 36.5 Å². The van der Waals surface area contributed by atoms with Crippen molar-refractivity contribution >= 4 is 23.1 Å². The van der Waals surface area contributed by atoms with Gasteiger partial charge in [0.05, 0.1) is 5.69 Å². The summed E-state index contributed by atoms with van der Waals surface area (Å²) in [4.78, 5) is 11.1. The quantitative estimate of drug-likeness (QED) is 0.828. The standard InChI is InChI=1S/C19H23ClN4O2/c1-12-18(20)22-13(2)23-19(12)24-8-5-14(6-9-24)26-15-3-4-17-16(11-15)21-7-10-25-17/h3-4,11,14,21H,5-10H2,1-2H3. The van der Waals surface area contributed by atoms with Crippen molar-refractivity contribution in [3.05, 3.63) is 34.7 Å². The zero-order chi connectivity index (χ0) is 18.1. The summed E-state index contributed by atoms with van der Waals surface area (Å²) in [6.07, 6.45) is 2.09. The highest BCUT2D eigenvalue weighted by Gasteiger charge is 2.24. The Labute approximate surface area is 158 Å². The van der Waals surface area contributed by atoms with Crippen LogP contribution in [0.2, 0.25) is 5.15 Å². The molecule has 0 saturated carbocycles. The molecular weight excluding hydrogens is 352 g/mol. The average molecular weight is 375 g/mol. The molecule has 1 saturated heterocycles. The van der Waals surface area contributed by atoms with Gasteiger partial charge in [0.15, 0.2) is 0 Å². The van der Waals surface area contributed by atoms with Crippen LogP contribution < -0.4 is 19.7 Å². The van der Waals surface area contributed by atoms with Crippen LogP contribution in [0.3, 0.4) is 0 Å². The fourth-order valence-corrected chi connectivity index (χ4v) is 3.67. The zero-order valence-corrected chi connectivity index (χ0v) is 15.8. The number of benzene rings is 1. The van der Waals surface area contributed by atoms with Crippen LogP contribution in [0, 0.1) is 13.8 Å². The molecule has 1 N–H and O–H groups in total. The molecule has 7 heteroatoms. The van der Waals surface area contributed by atoms with E-state index < -0.39 is 0 Å². The minimum atomic E-state index is 0.201. The van der Waals surface area contributed by atoms with Gasteiger partial charge in [0.2, 0.25) is 0 Å². The summed E-state index contributed by atoms with van der Waals surface area (Å²) < 4.78 is 11.8. The summed E-state index contributed by atoms with van der Waals surface area (Å²) in [6, 6.07) is 5.98. The number of hydrogen-bond acceptors (Lipinski definition) is 6. The van der Waals surface area contributed by atoms with Gasteiger partial charge >= 0.3 is 0 Å². The average Bonchev–Trinajstić information content (AvgIpc) is 2.65. The fraction of sp³-hybridized carbons (Fsp3) is 0.474. The van der Waals surface area contributed by atoms with Crippen LogP contribution in [0.5, 0.6) is 11.5 Å². The van der Waals surface area contributed by atoms with Crippen LogP contribution in [-0.4, -0.2) is 42.3 Å². The van der Waals surface area contributed by atoms with Crippen molar-refractivity contribution in [3.63, 3.8) is 0 Å². The molecule has 6 nitrogen and oxygen atoms in total. The lowest BCUT2D eigenvalue weighted by molar-refractivity contribution is 0.170. The number of rotatable bonds is 3. The summed E-state index contributed by atoms with van der Waals surface area (Å²) in [5.41, 5.74) is 1.95. The third-order valence-electron chi connectivity index (χ3n) is 4.84. The van der Waals surface area contributed by atoms with E-state index in [9.17, 15) is 0 Å². The molecule has 1 aromatic carbocycles. The predicted octanol–water partition coefficient (Wildman–Crippen LogP) is 3.60. The van der Waals surface area contributed by atoms with Crippen LogP contribution in [0.4, 0.5) is 11.5 Å². The number of hydrogen-bond donors (Lipinski definition) is 1. The van der Waals surface area contributed by atoms with Crippen molar-refractivity contribution in [1.29, 1.82) is 0 Å². The number of nitrogens with one attached hydrogen (secondary N) is 1. The first-order valence-electron chi connectivity index (χ1n) is 9.03. The van der Waals surface area contributed by atoms with Crippen molar-refractivity contribution in [3.8, 4) is 11.5 Å². The molecule has 0 atom stereocenters. The molecule has 1 aromatic heterocycles. The third kappa shape index (κ3) is 3.51. The molecule has 2 aliphatic heterocycles. The Hall–Kier alpha value is -2.21. The summed E-state index contributed by atoms with van der Waals surface area (Å²) in [7, 11) is 0. The number of nitrogens with zero attached hydrogens (tertiary/aromatic N) is 3. The second-order valence-corrected chi connectivity index (χ2v) is 7.11. The van der Waals surface area contributed by atoms with Crippen molar-refractivity contribution < 1.29 is 9.47 Å². The van der Waals surface area contributed by atoms with Crippen LogP contribution in [0.25, 0.3) is 0 Å². The van der Waals surface area contributed by atoms with E-state index in [1.165, 1.54) is 0 Å². The van der Waals surface area contributed by atoms with Crippen LogP contribution in [-0.2, 0) is 0 Å². The van der Waals surface area contributed by atoms with E-state index in [4.69, 9.17) is 21.1 Å². The minimum Gasteiger partial charge on any atom is -0.490 e. The number of aryl methyl sites for hydroxylation is 1. The molecule has 26 heavy (non-hydrogen) atoms. The molecule has 2 aliphatic rings. The lowest BCUT2D eigenvalue weighted by Crippen LogP contribution is -2.39. The fourth-order valence-electron chi connectivity index (χ4n) is 3.46. The number of piperidine rings is 1. The maximum Gasteiger partial charge on any atom is 0.142 e. The molecule has 1 fully saturated rings. The monoisotopic (exact) mass is 374 g/mol. The van der Waals surface area contributed by atoms with Gasteiger partial charge in [-0.05, 0) is 26.0 Å². The van der Waals surface area contributed by atoms with Crippen molar-refractivity contribution in [1.82, 2.24) is 9.97 Å². The Bertz CT molecular complexity index is 806. The van der Waals surface area contributed by atoms with E-state index in [-0.39, 0.29) is 6.10 Å². The van der Waals surface area contributed by atoms with Gasteiger partial charge < -0.3 is 19.7 Å². The van der Waals surface area contributed by atoms with Crippen LogP contribution in [0.1, 0.15) is 24.2 Å². The summed E-state index contributed by atoms with van der Waals surface area (Å²) in [5.74, 6) is 3.43. The summed E-state index contributed by atoms with van der Waals surface area (Å²) in [6.45, 7) is 7.17. The van der Waals surface area contributed by atoms with Gasteiger partial charge in [-0.25, -0.2) is 9.97 Å². The van der Waals surface area contributed by atoms with Gasteiger partial charge in [-0.15, -0.1) is 0 Å². The molecule has 0 amide bonds. The molecule has 4 rings (SSSR count). The highest BCUT2D eigenvalue weighted by Crippen LogP contribution is 2.33. The largest absolute Gasteiger partial charge is 0.490 e. The van der Waals surface area contributed by atoms with E-state index in [2.05, 4.69) is 20.2 Å². The summed E-state index contributed by atoms with van der Waals surface area (Å²) in [5, 5.41) is 3.88. The molecule has 138 valence electrons. The first-order chi connectivity index (χ1) is 12.6. The maximum absolute atomic E-state index is 6.21. The lowest BCUT2D eigenvalue weighted by atomic mass is 10.1. The normalized spacial score (nSPS) is 17.3. The number of fused-ring (bicyclic) bond motifs is 1. The Balaban J connectivity index is 1.40. The van der Waals surface area contributed by atoms with Gasteiger partial charge in [0.1, 0.15) is 41.0 Å². The molecule has 0 unspecified atom stereocenters. The molecule has 0 radical (unpaired) electrons. The van der Waals surface area contributed by atoms with Crippen molar-refractivity contribution in [2.45, 2.75) is 32.8 Å². The second-order valence-electron chi connectivity index (χ2n) is 6.75. The predicted molar refractivity (Wildman–Crippen MR) is 103 cm³/mol. The Morgan fingerprint density at radius 3 is 2.85 bits per heavy atom. The van der Waals surface area contributed by atoms with E-state index in [1.807, 2.05) is 32.0 Å². The minimum absolute atomic E-state index is 0.201. The van der Waals surface area contributed by atoms with Crippen molar-refractivity contribution in [2.24, 2.45) is 0 Å². The zero-order valence-electron chi connectivity index (χ0n) is 15.1. The number of ether oxygens (including phenoxy) is 2. The molecule has 0 bridgehead atoms. The highest BCUT2D eigenvalue weighted by atomic mass is 35.5. The first kappa shape index (κ1) is 17.2. The third-order valence-corrected chi connectivity index (χ3v) is 5.21. The molecule has 2 aromatic rings. The number of aromatic nitrogens is 2. The van der Waals surface area contributed by atoms with Gasteiger partial charge in [-0.2, -0.15) is 0 Å². The van der Waals surface area contributed by atoms with E-state index in [0.717, 1.165) is 61.0 Å². The highest BCUT2D eigenvalue weighted by molar-refractivity contribution is 6.30. The Morgan fingerprint density at radius 2 is 2.04 bits per heavy atom. The lowest BCUT2D eigenvalue weighted by Gasteiger charge is -2.34. The number of halogens is 1. The van der Waals surface area contributed by atoms with E-state index in [1.54, 1.807) is 0 Å². The topological polar surface area (TPSA) is 59.5 Å². The molecule has 0 spiro atoms. The number of anilines is 2. The molecule has 0 aliphatic carbocycles. The van der Waals surface area contributed by atoms with Crippen LogP contribution in [0.15, 0.2) is 18.2 Å². The van der Waals surface area contributed by atoms with Crippen LogP contribution >= 0.6 is 11.6 Å². The Morgan fingerprint density at radius 1 is 1.23 bits per heavy atom. The first-order valence-corrected chi connectivity index (χ1v) is 9.41. The molecular formula is C19H23ClN4O2. The van der Waals surface area contributed by atoms with Gasteiger partial charge in [0, 0.05) is 44.1 Å². The Kier molecular flexibility index (Phi) is 4.76. The second kappa shape index (κ2) is 7.19. The summed E-state index contributed by atoms with van der Waals surface area (Å²) >= 11 is 6.21. The van der Waals surface area contributed by atoms with E-state index in [0.29, 0.717) is 17.6 Å². The smallest absolute Gasteiger partial charge is 0.142 e. The van der Waals surface area contributed by atoms with Gasteiger partial charge in [0.25, 0.3) is 0 Å². The van der Waals surface area contributed by atoms with Gasteiger partial charge in [-0.3, -0.25) is 0 Å². The molecule has 3 heterocycles. The SMILES string of the molecule is Cc1nc(Cl)c(C)c(N2CCC(Oc3ccc4c(c3)NCCO4)CC2)n1. The van der Waals surface area contributed by atoms with Gasteiger partial charge in [-0.1, -0.05) is 11.6 Å².